The lowest BCUT2D eigenvalue weighted by Gasteiger charge is -2.23. The maximum Gasteiger partial charge on any atom is 0.0699 e. The van der Waals surface area contributed by atoms with Crippen molar-refractivity contribution in [1.82, 2.24) is 5.32 Å². The van der Waals surface area contributed by atoms with Gasteiger partial charge in [-0.15, -0.1) is 0 Å². The van der Waals surface area contributed by atoms with Gasteiger partial charge in [0.05, 0.1) is 6.10 Å². The van der Waals surface area contributed by atoms with Gasteiger partial charge in [0.15, 0.2) is 0 Å². The summed E-state index contributed by atoms with van der Waals surface area (Å²) in [6.45, 7) is 3.08. The zero-order valence-electron chi connectivity index (χ0n) is 9.82. The number of hydrogen-bond acceptors (Lipinski definition) is 2. The Kier molecular flexibility index (Phi) is 4.84. The zero-order chi connectivity index (χ0) is 11.1. The van der Waals surface area contributed by atoms with E-state index in [9.17, 15) is 0 Å². The average molecular weight is 219 g/mol. The quantitative estimate of drug-likeness (QED) is 0.768. The summed E-state index contributed by atoms with van der Waals surface area (Å²) in [5.41, 5.74) is 1.41. The average Bonchev–Trinajstić information content (AvgIpc) is 2.37. The minimum atomic E-state index is 0.449. The van der Waals surface area contributed by atoms with Gasteiger partial charge in [-0.05, 0) is 37.8 Å². The summed E-state index contributed by atoms with van der Waals surface area (Å²) >= 11 is 0. The molecule has 1 unspecified atom stereocenters. The number of hydrogen-bond donors (Lipinski definition) is 1. The summed E-state index contributed by atoms with van der Waals surface area (Å²) in [5, 5.41) is 3.37. The van der Waals surface area contributed by atoms with E-state index in [4.69, 9.17) is 4.74 Å². The predicted octanol–water partition coefficient (Wildman–Crippen LogP) is 2.39. The molecular weight excluding hydrogens is 198 g/mol. The van der Waals surface area contributed by atoms with Gasteiger partial charge in [-0.1, -0.05) is 30.3 Å². The first-order chi connectivity index (χ1) is 7.95. The van der Waals surface area contributed by atoms with Crippen LogP contribution in [0.25, 0.3) is 0 Å². The minimum absolute atomic E-state index is 0.449. The third-order valence-electron chi connectivity index (χ3n) is 3.06. The van der Waals surface area contributed by atoms with Crippen LogP contribution < -0.4 is 5.32 Å². The fraction of sp³-hybridized carbons (Fsp3) is 0.571. The highest BCUT2D eigenvalue weighted by atomic mass is 16.5. The molecule has 0 aromatic heterocycles. The second-order valence-corrected chi connectivity index (χ2v) is 4.43. The first-order valence-electron chi connectivity index (χ1n) is 6.31. The largest absolute Gasteiger partial charge is 0.377 e. The van der Waals surface area contributed by atoms with Gasteiger partial charge in [0.2, 0.25) is 0 Å². The molecule has 2 nitrogen and oxygen atoms in total. The molecule has 1 fully saturated rings. The molecule has 0 spiro atoms. The topological polar surface area (TPSA) is 21.3 Å². The van der Waals surface area contributed by atoms with Crippen LogP contribution >= 0.6 is 0 Å². The van der Waals surface area contributed by atoms with E-state index in [2.05, 4.69) is 35.6 Å². The maximum absolute atomic E-state index is 5.84. The van der Waals surface area contributed by atoms with Crippen molar-refractivity contribution in [3.63, 3.8) is 0 Å². The molecule has 88 valence electrons. The minimum Gasteiger partial charge on any atom is -0.377 e. The third-order valence-corrected chi connectivity index (χ3v) is 3.06. The van der Waals surface area contributed by atoms with Crippen molar-refractivity contribution in [2.24, 2.45) is 0 Å². The molecular formula is C14H21NO. The van der Waals surface area contributed by atoms with Crippen LogP contribution in [0.5, 0.6) is 0 Å². The van der Waals surface area contributed by atoms with E-state index in [1.165, 1.54) is 18.4 Å². The maximum atomic E-state index is 5.84. The van der Waals surface area contributed by atoms with E-state index >= 15 is 0 Å². The molecule has 0 bridgehead atoms. The molecule has 1 aromatic carbocycles. The second-order valence-electron chi connectivity index (χ2n) is 4.43. The lowest BCUT2D eigenvalue weighted by atomic mass is 10.1. The Morgan fingerprint density at radius 1 is 1.25 bits per heavy atom. The fourth-order valence-electron chi connectivity index (χ4n) is 2.13. The number of rotatable bonds is 5. The molecule has 1 aliphatic heterocycles. The molecule has 1 aliphatic rings. The van der Waals surface area contributed by atoms with E-state index < -0.39 is 0 Å². The van der Waals surface area contributed by atoms with Gasteiger partial charge in [0, 0.05) is 13.2 Å². The molecule has 0 amide bonds. The number of aryl methyl sites for hydroxylation is 1. The summed E-state index contributed by atoms with van der Waals surface area (Å²) in [6.07, 6.45) is 5.17. The van der Waals surface area contributed by atoms with E-state index in [0.29, 0.717) is 6.10 Å². The molecule has 2 heteroatoms. The van der Waals surface area contributed by atoms with Gasteiger partial charge in [-0.2, -0.15) is 0 Å². The molecule has 1 heterocycles. The molecule has 0 radical (unpaired) electrons. The summed E-state index contributed by atoms with van der Waals surface area (Å²) in [7, 11) is 0. The van der Waals surface area contributed by atoms with Crippen molar-refractivity contribution in [3.05, 3.63) is 35.9 Å². The van der Waals surface area contributed by atoms with Crippen molar-refractivity contribution in [2.45, 2.75) is 31.8 Å². The summed E-state index contributed by atoms with van der Waals surface area (Å²) in [6, 6.07) is 10.6. The number of ether oxygens (including phenoxy) is 1. The molecule has 1 saturated heterocycles. The van der Waals surface area contributed by atoms with Crippen LogP contribution in [-0.2, 0) is 11.2 Å². The summed E-state index contributed by atoms with van der Waals surface area (Å²) in [5.74, 6) is 0. The van der Waals surface area contributed by atoms with Crippen LogP contribution in [0.3, 0.4) is 0 Å². The number of benzene rings is 1. The Bertz CT molecular complexity index is 280. The molecule has 2 rings (SSSR count). The smallest absolute Gasteiger partial charge is 0.0699 e. The Balaban J connectivity index is 1.58. The van der Waals surface area contributed by atoms with Gasteiger partial charge in [-0.25, -0.2) is 0 Å². The Hall–Kier alpha value is -0.860. The van der Waals surface area contributed by atoms with Gasteiger partial charge in [0.1, 0.15) is 0 Å². The van der Waals surface area contributed by atoms with Crippen molar-refractivity contribution >= 4 is 0 Å². The Morgan fingerprint density at radius 2 is 2.12 bits per heavy atom. The summed E-state index contributed by atoms with van der Waals surface area (Å²) < 4.78 is 5.84. The molecule has 1 N–H and O–H groups in total. The Labute approximate surface area is 98.0 Å². The van der Waals surface area contributed by atoms with E-state index in [1.54, 1.807) is 0 Å². The first-order valence-corrected chi connectivity index (χ1v) is 6.31. The van der Waals surface area contributed by atoms with E-state index in [1.807, 2.05) is 0 Å². The fourth-order valence-corrected chi connectivity index (χ4v) is 2.13. The number of piperidine rings is 1. The van der Waals surface area contributed by atoms with E-state index in [0.717, 1.165) is 32.5 Å². The second kappa shape index (κ2) is 6.66. The third kappa shape index (κ3) is 3.95. The molecule has 0 saturated carbocycles. The molecule has 1 atom stereocenters. The van der Waals surface area contributed by atoms with Gasteiger partial charge >= 0.3 is 0 Å². The van der Waals surface area contributed by atoms with Crippen molar-refractivity contribution in [1.29, 1.82) is 0 Å². The van der Waals surface area contributed by atoms with Crippen molar-refractivity contribution < 1.29 is 4.74 Å². The Morgan fingerprint density at radius 3 is 2.88 bits per heavy atom. The van der Waals surface area contributed by atoms with Crippen LogP contribution in [0.1, 0.15) is 24.8 Å². The highest BCUT2D eigenvalue weighted by Gasteiger charge is 2.12. The molecule has 0 aliphatic carbocycles. The van der Waals surface area contributed by atoms with Gasteiger partial charge in [0.25, 0.3) is 0 Å². The van der Waals surface area contributed by atoms with Gasteiger partial charge in [-0.3, -0.25) is 0 Å². The van der Waals surface area contributed by atoms with Crippen molar-refractivity contribution in [2.75, 3.05) is 19.7 Å². The highest BCUT2D eigenvalue weighted by Crippen LogP contribution is 2.08. The standard InChI is InChI=1S/C14H21NO/c1-2-6-13(7-3-1)8-5-11-16-14-9-4-10-15-12-14/h1-3,6-7,14-15H,4-5,8-12H2. The number of nitrogens with one attached hydrogen (secondary N) is 1. The molecule has 16 heavy (non-hydrogen) atoms. The predicted molar refractivity (Wildman–Crippen MR) is 66.6 cm³/mol. The van der Waals surface area contributed by atoms with E-state index in [-0.39, 0.29) is 0 Å². The lowest BCUT2D eigenvalue weighted by molar-refractivity contribution is 0.0358. The first kappa shape index (κ1) is 11.6. The van der Waals surface area contributed by atoms with Crippen LogP contribution in [-0.4, -0.2) is 25.8 Å². The summed E-state index contributed by atoms with van der Waals surface area (Å²) in [4.78, 5) is 0. The SMILES string of the molecule is c1ccc(CCCOC2CCCNC2)cc1. The highest BCUT2D eigenvalue weighted by molar-refractivity contribution is 5.14. The normalized spacial score (nSPS) is 20.9. The van der Waals surface area contributed by atoms with Crippen LogP contribution in [0.2, 0.25) is 0 Å². The van der Waals surface area contributed by atoms with Crippen LogP contribution in [0.15, 0.2) is 30.3 Å². The van der Waals surface area contributed by atoms with Crippen LogP contribution in [0.4, 0.5) is 0 Å². The lowest BCUT2D eigenvalue weighted by Crippen LogP contribution is -2.35. The molecule has 1 aromatic rings. The monoisotopic (exact) mass is 219 g/mol. The van der Waals surface area contributed by atoms with Gasteiger partial charge < -0.3 is 10.1 Å². The van der Waals surface area contributed by atoms with Crippen LogP contribution in [0, 0.1) is 0 Å². The zero-order valence-corrected chi connectivity index (χ0v) is 9.82. The van der Waals surface area contributed by atoms with Crippen molar-refractivity contribution in [3.8, 4) is 0 Å².